The van der Waals surface area contributed by atoms with Crippen molar-refractivity contribution in [2.24, 2.45) is 0 Å². The predicted molar refractivity (Wildman–Crippen MR) is 63.7 cm³/mol. The number of rotatable bonds is 1. The van der Waals surface area contributed by atoms with Crippen LogP contribution in [0.15, 0.2) is 66.7 Å². The molecule has 0 spiro atoms. The van der Waals surface area contributed by atoms with Crippen LogP contribution in [0.1, 0.15) is 5.56 Å². The minimum atomic E-state index is 1.19. The van der Waals surface area contributed by atoms with E-state index in [0.29, 0.717) is 0 Å². The molecule has 1 heteroatoms. The maximum atomic E-state index is 2.15. The summed E-state index contributed by atoms with van der Waals surface area (Å²) in [6.07, 6.45) is 0. The Kier molecular flexibility index (Phi) is 6.15. The molecule has 0 N–H and O–H groups in total. The molecule has 0 heterocycles. The van der Waals surface area contributed by atoms with E-state index in [1.54, 1.807) is 0 Å². The van der Waals surface area contributed by atoms with Gasteiger partial charge in [0.15, 0.2) is 0 Å². The molecule has 2 aromatic rings. The van der Waals surface area contributed by atoms with E-state index >= 15 is 0 Å². The van der Waals surface area contributed by atoms with Crippen LogP contribution in [0.25, 0.3) is 0 Å². The molecule has 0 atom stereocenters. The summed E-state index contributed by atoms with van der Waals surface area (Å²) in [5, 5.41) is 0. The third-order valence-corrected chi connectivity index (χ3v) is 2.73. The third-order valence-electron chi connectivity index (χ3n) is 1.69. The molecule has 0 bridgehead atoms. The van der Waals surface area contributed by atoms with Gasteiger partial charge < -0.3 is 0 Å². The molecule has 0 aliphatic heterocycles. The molecular weight excluding hydrogens is 284 g/mol. The molecule has 2 aromatic carbocycles. The fourth-order valence-electron chi connectivity index (χ4n) is 0.968. The second kappa shape index (κ2) is 7.62. The van der Waals surface area contributed by atoms with Gasteiger partial charge in [0.25, 0.3) is 0 Å². The van der Waals surface area contributed by atoms with Gasteiger partial charge in [-0.15, -0.1) is 0 Å². The van der Waals surface area contributed by atoms with E-state index in [2.05, 4.69) is 24.3 Å². The fourth-order valence-corrected chi connectivity index (χ4v) is 1.57. The molecule has 72 valence electrons. The van der Waals surface area contributed by atoms with Crippen molar-refractivity contribution >= 4 is 22.3 Å². The molecule has 14 heavy (non-hydrogen) atoms. The van der Waals surface area contributed by atoms with Gasteiger partial charge in [-0.1, -0.05) is 36.4 Å². The van der Waals surface area contributed by atoms with E-state index in [4.69, 9.17) is 0 Å². The first-order valence-corrected chi connectivity index (χ1v) is 6.39. The first kappa shape index (κ1) is 11.3. The Labute approximate surface area is 98.9 Å². The van der Waals surface area contributed by atoms with Crippen LogP contribution in [-0.2, 0) is 4.47 Å². The predicted octanol–water partition coefficient (Wildman–Crippen LogP) is 2.77. The van der Waals surface area contributed by atoms with Gasteiger partial charge in [-0.3, -0.25) is 0 Å². The van der Waals surface area contributed by atoms with Crippen LogP contribution in [0, 0.1) is 0 Å². The van der Waals surface area contributed by atoms with E-state index in [1.165, 1.54) is 10.0 Å². The maximum Gasteiger partial charge on any atom is -0.0623 e. The van der Waals surface area contributed by atoms with Gasteiger partial charge >= 0.3 is 62.7 Å². The van der Waals surface area contributed by atoms with E-state index in [0.717, 1.165) is 0 Å². The van der Waals surface area contributed by atoms with Crippen LogP contribution in [0.3, 0.4) is 0 Å². The zero-order valence-electron chi connectivity index (χ0n) is 8.01. The van der Waals surface area contributed by atoms with Crippen molar-refractivity contribution in [1.29, 1.82) is 0 Å². The Hall–Kier alpha value is -0.770. The second-order valence-electron chi connectivity index (χ2n) is 2.80. The molecular formula is C13H14Te. The molecule has 0 radical (unpaired) electrons. The average molecular weight is 298 g/mol. The molecule has 0 saturated carbocycles. The first-order valence-electron chi connectivity index (χ1n) is 4.58. The van der Waals surface area contributed by atoms with E-state index < -0.39 is 0 Å². The summed E-state index contributed by atoms with van der Waals surface area (Å²) in [5.74, 6) is 0. The molecule has 0 fully saturated rings. The minimum absolute atomic E-state index is 1.19. The van der Waals surface area contributed by atoms with Gasteiger partial charge in [0, 0.05) is 0 Å². The summed E-state index contributed by atoms with van der Waals surface area (Å²) in [6, 6.07) is 22.5. The van der Waals surface area contributed by atoms with Crippen molar-refractivity contribution < 1.29 is 0 Å². The summed E-state index contributed by atoms with van der Waals surface area (Å²) in [7, 11) is 0. The van der Waals surface area contributed by atoms with Gasteiger partial charge in [0.1, 0.15) is 0 Å². The summed E-state index contributed by atoms with van der Waals surface area (Å²) in [5.41, 5.74) is 1.43. The Morgan fingerprint density at radius 3 is 1.29 bits per heavy atom. The SMILES string of the molecule is [TeH]Cc1ccccc1.c1ccccc1. The Morgan fingerprint density at radius 2 is 1.00 bits per heavy atom. The standard InChI is InChI=1S/C7H8Te.C6H6/c8-6-7-4-2-1-3-5-7;1-2-4-6-5-3-1/h1-5,8H,6H2;1-6H. The maximum absolute atomic E-state index is 2.15. The van der Waals surface area contributed by atoms with Gasteiger partial charge in [-0.25, -0.2) is 0 Å². The summed E-state index contributed by atoms with van der Waals surface area (Å²) in [6.45, 7) is 0. The monoisotopic (exact) mass is 300 g/mol. The van der Waals surface area contributed by atoms with Crippen LogP contribution in [-0.4, -0.2) is 22.3 Å². The van der Waals surface area contributed by atoms with E-state index in [1.807, 2.05) is 64.8 Å². The normalized spacial score (nSPS) is 8.64. The zero-order chi connectivity index (χ0) is 10.1. The van der Waals surface area contributed by atoms with Gasteiger partial charge in [0.2, 0.25) is 0 Å². The molecule has 0 unspecified atom stereocenters. The summed E-state index contributed by atoms with van der Waals surface area (Å²) < 4.78 is 1.19. The fraction of sp³-hybridized carbons (Fsp3) is 0.0769. The molecule has 0 aliphatic rings. The van der Waals surface area contributed by atoms with Gasteiger partial charge in [0.05, 0.1) is 0 Å². The molecule has 2 rings (SSSR count). The Bertz CT molecular complexity index is 289. The zero-order valence-corrected chi connectivity index (χ0v) is 10.6. The first-order chi connectivity index (χ1) is 6.93. The largest absolute Gasteiger partial charge is 0.0623 e. The smallest absolute Gasteiger partial charge is 0.0623 e. The molecule has 0 aliphatic carbocycles. The van der Waals surface area contributed by atoms with Crippen LogP contribution < -0.4 is 0 Å². The van der Waals surface area contributed by atoms with Crippen LogP contribution >= 0.6 is 0 Å². The molecule has 0 saturated heterocycles. The van der Waals surface area contributed by atoms with Crippen molar-refractivity contribution in [2.75, 3.05) is 0 Å². The number of hydrogen-bond donors (Lipinski definition) is 0. The summed E-state index contributed by atoms with van der Waals surface area (Å²) in [4.78, 5) is 0. The molecule has 0 aromatic heterocycles. The average Bonchev–Trinajstić information content (AvgIpc) is 2.33. The quantitative estimate of drug-likeness (QED) is 0.710. The van der Waals surface area contributed by atoms with Gasteiger partial charge in [-0.2, -0.15) is 0 Å². The van der Waals surface area contributed by atoms with Crippen molar-refractivity contribution in [3.63, 3.8) is 0 Å². The number of benzene rings is 2. The second-order valence-corrected chi connectivity index (χ2v) is 3.70. The van der Waals surface area contributed by atoms with Crippen LogP contribution in [0.2, 0.25) is 0 Å². The van der Waals surface area contributed by atoms with Crippen molar-refractivity contribution in [1.82, 2.24) is 0 Å². The Morgan fingerprint density at radius 1 is 0.643 bits per heavy atom. The van der Waals surface area contributed by atoms with Crippen LogP contribution in [0.5, 0.6) is 0 Å². The van der Waals surface area contributed by atoms with E-state index in [9.17, 15) is 0 Å². The van der Waals surface area contributed by atoms with Gasteiger partial charge in [-0.05, 0) is 0 Å². The molecule has 0 amide bonds. The summed E-state index contributed by atoms with van der Waals surface area (Å²) >= 11 is 1.84. The molecule has 0 nitrogen and oxygen atoms in total. The van der Waals surface area contributed by atoms with Crippen LogP contribution in [0.4, 0.5) is 0 Å². The topological polar surface area (TPSA) is 0 Å². The van der Waals surface area contributed by atoms with Crippen molar-refractivity contribution in [2.45, 2.75) is 4.47 Å². The van der Waals surface area contributed by atoms with Crippen molar-refractivity contribution in [3.8, 4) is 0 Å². The number of hydrogen-bond acceptors (Lipinski definition) is 0. The minimum Gasteiger partial charge on any atom is -0.0623 e. The Balaban J connectivity index is 0.000000146. The van der Waals surface area contributed by atoms with Crippen molar-refractivity contribution in [3.05, 3.63) is 72.3 Å². The third kappa shape index (κ3) is 5.07. The van der Waals surface area contributed by atoms with E-state index in [-0.39, 0.29) is 0 Å².